The molecule has 0 bridgehead atoms. The normalized spacial score (nSPS) is 20.2. The molecular weight excluding hydrogens is 356 g/mol. The Labute approximate surface area is 167 Å². The fourth-order valence-corrected chi connectivity index (χ4v) is 3.66. The molecule has 2 aromatic carbocycles. The third-order valence-corrected chi connectivity index (χ3v) is 5.16. The fraction of sp³-hybridized carbons (Fsp3) is 0.348. The second-order valence-electron chi connectivity index (χ2n) is 6.80. The second kappa shape index (κ2) is 10.4. The average molecular weight is 383 g/mol. The van der Waals surface area contributed by atoms with E-state index in [-0.39, 0.29) is 17.9 Å². The summed E-state index contributed by atoms with van der Waals surface area (Å²) in [5.41, 5.74) is 2.32. The smallest absolute Gasteiger partial charge is 0.164 e. The van der Waals surface area contributed by atoms with Crippen LogP contribution in [0.2, 0.25) is 0 Å². The minimum atomic E-state index is 0.00258. The molecule has 3 unspecified atom stereocenters. The van der Waals surface area contributed by atoms with Gasteiger partial charge in [0.05, 0.1) is 26.4 Å². The van der Waals surface area contributed by atoms with Crippen LogP contribution in [0, 0.1) is 11.8 Å². The molecule has 3 nitrogen and oxygen atoms in total. The summed E-state index contributed by atoms with van der Waals surface area (Å²) >= 11 is 5.47. The molecule has 3 rings (SSSR count). The molecule has 27 heavy (non-hydrogen) atoms. The van der Waals surface area contributed by atoms with Crippen molar-refractivity contribution >= 4 is 17.3 Å². The Balaban J connectivity index is 1.43. The highest BCUT2D eigenvalue weighted by atomic mass is 32.1. The van der Waals surface area contributed by atoms with Crippen LogP contribution in [0.5, 0.6) is 0 Å². The van der Waals surface area contributed by atoms with Gasteiger partial charge in [-0.3, -0.25) is 0 Å². The second-order valence-corrected chi connectivity index (χ2v) is 7.20. The summed E-state index contributed by atoms with van der Waals surface area (Å²) in [7, 11) is 0. The van der Waals surface area contributed by atoms with Crippen LogP contribution in [0.25, 0.3) is 0 Å². The maximum Gasteiger partial charge on any atom is 0.164 e. The van der Waals surface area contributed by atoms with E-state index in [1.165, 1.54) is 0 Å². The van der Waals surface area contributed by atoms with Crippen LogP contribution in [0.4, 0.5) is 0 Å². The third kappa shape index (κ3) is 5.99. The van der Waals surface area contributed by atoms with E-state index in [1.54, 1.807) is 0 Å². The molecule has 2 aromatic rings. The number of rotatable bonds is 10. The van der Waals surface area contributed by atoms with Crippen molar-refractivity contribution in [2.45, 2.75) is 25.7 Å². The van der Waals surface area contributed by atoms with Crippen molar-refractivity contribution < 1.29 is 14.2 Å². The predicted octanol–water partition coefficient (Wildman–Crippen LogP) is 4.95. The van der Waals surface area contributed by atoms with E-state index in [1.807, 2.05) is 42.5 Å². The van der Waals surface area contributed by atoms with Crippen molar-refractivity contribution in [1.29, 1.82) is 0 Å². The average Bonchev–Trinajstić information content (AvgIpc) is 3.07. The largest absolute Gasteiger partial charge is 0.481 e. The van der Waals surface area contributed by atoms with E-state index in [2.05, 4.69) is 30.8 Å². The summed E-state index contributed by atoms with van der Waals surface area (Å²) in [4.78, 5) is 0. The first-order valence-electron chi connectivity index (χ1n) is 9.32. The quantitative estimate of drug-likeness (QED) is 0.429. The summed E-state index contributed by atoms with van der Waals surface area (Å²) in [5, 5.41) is 0.650. The van der Waals surface area contributed by atoms with Gasteiger partial charge in [0, 0.05) is 11.8 Å². The van der Waals surface area contributed by atoms with Crippen LogP contribution in [-0.2, 0) is 27.4 Å². The van der Waals surface area contributed by atoms with Crippen LogP contribution in [0.1, 0.15) is 17.5 Å². The van der Waals surface area contributed by atoms with Gasteiger partial charge in [0.1, 0.15) is 6.10 Å². The van der Waals surface area contributed by atoms with Gasteiger partial charge in [-0.15, -0.1) is 6.58 Å². The van der Waals surface area contributed by atoms with E-state index in [0.717, 1.165) is 17.5 Å². The first kappa shape index (κ1) is 19.7. The number of thiocarbonyl (C=S) groups is 1. The van der Waals surface area contributed by atoms with Crippen molar-refractivity contribution in [3.8, 4) is 0 Å². The minimum absolute atomic E-state index is 0.00258. The summed E-state index contributed by atoms with van der Waals surface area (Å²) in [6.07, 6.45) is 2.78. The van der Waals surface area contributed by atoms with Crippen molar-refractivity contribution in [3.63, 3.8) is 0 Å². The lowest BCUT2D eigenvalue weighted by molar-refractivity contribution is 0.0443. The third-order valence-electron chi connectivity index (χ3n) is 4.76. The van der Waals surface area contributed by atoms with E-state index in [0.29, 0.717) is 31.5 Å². The predicted molar refractivity (Wildman–Crippen MR) is 111 cm³/mol. The fourth-order valence-electron chi connectivity index (χ4n) is 3.25. The molecule has 0 aromatic heterocycles. The minimum Gasteiger partial charge on any atom is -0.481 e. The Kier molecular flexibility index (Phi) is 7.57. The maximum atomic E-state index is 5.89. The van der Waals surface area contributed by atoms with Crippen LogP contribution < -0.4 is 0 Å². The SMILES string of the molecule is C=CC(COCc1ccccc1)C1CC(COCc2ccccc2)OC1=S. The van der Waals surface area contributed by atoms with Crippen LogP contribution in [-0.4, -0.2) is 24.4 Å². The first-order valence-corrected chi connectivity index (χ1v) is 9.73. The zero-order valence-corrected chi connectivity index (χ0v) is 16.3. The molecule has 142 valence electrons. The molecule has 0 amide bonds. The Morgan fingerprint density at radius 1 is 1.00 bits per heavy atom. The molecule has 3 atom stereocenters. The standard InChI is InChI=1S/C23H26O3S/c1-2-20(16-24-14-18-9-5-3-6-10-18)22-13-21(26-23(22)27)17-25-15-19-11-7-4-8-12-19/h2-12,20-22H,1,13-17H2. The Morgan fingerprint density at radius 3 is 2.19 bits per heavy atom. The summed E-state index contributed by atoms with van der Waals surface area (Å²) in [6.45, 7) is 6.27. The van der Waals surface area contributed by atoms with E-state index >= 15 is 0 Å². The highest BCUT2D eigenvalue weighted by Gasteiger charge is 2.35. The molecule has 0 spiro atoms. The lowest BCUT2D eigenvalue weighted by Crippen LogP contribution is -2.21. The molecule has 0 aliphatic carbocycles. The van der Waals surface area contributed by atoms with E-state index in [4.69, 9.17) is 26.4 Å². The lowest BCUT2D eigenvalue weighted by atomic mass is 9.90. The van der Waals surface area contributed by atoms with Gasteiger partial charge in [-0.05, 0) is 29.8 Å². The van der Waals surface area contributed by atoms with Crippen LogP contribution in [0.3, 0.4) is 0 Å². The topological polar surface area (TPSA) is 27.7 Å². The van der Waals surface area contributed by atoms with Gasteiger partial charge in [0.25, 0.3) is 0 Å². The molecule has 0 N–H and O–H groups in total. The monoisotopic (exact) mass is 382 g/mol. The van der Waals surface area contributed by atoms with Gasteiger partial charge < -0.3 is 14.2 Å². The Bertz CT molecular complexity index is 717. The zero-order chi connectivity index (χ0) is 18.9. The highest BCUT2D eigenvalue weighted by molar-refractivity contribution is 7.80. The molecule has 0 radical (unpaired) electrons. The highest BCUT2D eigenvalue weighted by Crippen LogP contribution is 2.30. The van der Waals surface area contributed by atoms with E-state index in [9.17, 15) is 0 Å². The van der Waals surface area contributed by atoms with Gasteiger partial charge in [-0.25, -0.2) is 0 Å². The summed E-state index contributed by atoms with van der Waals surface area (Å²) < 4.78 is 17.6. The molecule has 1 fully saturated rings. The molecule has 1 aliphatic heterocycles. The maximum absolute atomic E-state index is 5.89. The molecule has 1 aliphatic rings. The van der Waals surface area contributed by atoms with Crippen molar-refractivity contribution in [1.82, 2.24) is 0 Å². The van der Waals surface area contributed by atoms with Crippen molar-refractivity contribution in [2.75, 3.05) is 13.2 Å². The van der Waals surface area contributed by atoms with Gasteiger partial charge >= 0.3 is 0 Å². The van der Waals surface area contributed by atoms with Gasteiger partial charge in [-0.1, -0.05) is 66.7 Å². The molecule has 4 heteroatoms. The van der Waals surface area contributed by atoms with Gasteiger partial charge in [-0.2, -0.15) is 0 Å². The molecule has 1 heterocycles. The summed E-state index contributed by atoms with van der Waals surface area (Å²) in [5.74, 6) is 0.305. The Hall–Kier alpha value is -2.01. The van der Waals surface area contributed by atoms with Crippen molar-refractivity contribution in [2.24, 2.45) is 11.8 Å². The number of ether oxygens (including phenoxy) is 3. The lowest BCUT2D eigenvalue weighted by Gasteiger charge is -2.18. The van der Waals surface area contributed by atoms with Crippen molar-refractivity contribution in [3.05, 3.63) is 84.4 Å². The first-order chi connectivity index (χ1) is 13.3. The van der Waals surface area contributed by atoms with Gasteiger partial charge in [0.2, 0.25) is 0 Å². The number of hydrogen-bond acceptors (Lipinski definition) is 4. The number of hydrogen-bond donors (Lipinski definition) is 0. The van der Waals surface area contributed by atoms with Crippen LogP contribution >= 0.6 is 12.2 Å². The molecular formula is C23H26O3S. The number of benzene rings is 2. The van der Waals surface area contributed by atoms with Gasteiger partial charge in [0.15, 0.2) is 5.05 Å². The van der Waals surface area contributed by atoms with Crippen LogP contribution in [0.15, 0.2) is 73.3 Å². The molecule has 1 saturated heterocycles. The summed E-state index contributed by atoms with van der Waals surface area (Å²) in [6, 6.07) is 20.3. The van der Waals surface area contributed by atoms with E-state index < -0.39 is 0 Å². The zero-order valence-electron chi connectivity index (χ0n) is 15.5. The Morgan fingerprint density at radius 2 is 1.59 bits per heavy atom. The molecule has 0 saturated carbocycles.